The zero-order valence-corrected chi connectivity index (χ0v) is 11.7. The molecule has 0 aromatic heterocycles. The number of rotatable bonds is 8. The molecule has 0 bridgehead atoms. The smallest absolute Gasteiger partial charge is 0.220 e. The molecule has 0 saturated heterocycles. The van der Waals surface area contributed by atoms with Crippen molar-refractivity contribution in [3.05, 3.63) is 29.8 Å². The van der Waals surface area contributed by atoms with Crippen molar-refractivity contribution in [2.75, 3.05) is 13.7 Å². The molecule has 1 aromatic rings. The van der Waals surface area contributed by atoms with E-state index in [4.69, 9.17) is 4.74 Å². The summed E-state index contributed by atoms with van der Waals surface area (Å²) >= 11 is 0. The van der Waals surface area contributed by atoms with Crippen molar-refractivity contribution >= 4 is 5.91 Å². The van der Waals surface area contributed by atoms with Gasteiger partial charge in [-0.2, -0.15) is 0 Å². The number of ether oxygens (including phenoxy) is 1. The minimum absolute atomic E-state index is 0.0196. The lowest BCUT2D eigenvalue weighted by Gasteiger charge is -2.09. The molecule has 2 N–H and O–H groups in total. The van der Waals surface area contributed by atoms with E-state index in [-0.39, 0.29) is 12.0 Å². The van der Waals surface area contributed by atoms with Crippen molar-refractivity contribution in [1.82, 2.24) is 5.32 Å². The van der Waals surface area contributed by atoms with Crippen molar-refractivity contribution in [3.63, 3.8) is 0 Å². The van der Waals surface area contributed by atoms with Crippen molar-refractivity contribution < 1.29 is 14.6 Å². The van der Waals surface area contributed by atoms with E-state index in [1.807, 2.05) is 31.2 Å². The third-order valence-electron chi connectivity index (χ3n) is 3.05. The van der Waals surface area contributed by atoms with Crippen LogP contribution in [0.5, 0.6) is 5.75 Å². The molecule has 1 atom stereocenters. The Morgan fingerprint density at radius 2 is 2.26 bits per heavy atom. The molecule has 0 spiro atoms. The third kappa shape index (κ3) is 6.25. The second-order valence-corrected chi connectivity index (χ2v) is 4.55. The zero-order valence-electron chi connectivity index (χ0n) is 11.7. The van der Waals surface area contributed by atoms with Crippen LogP contribution in [-0.2, 0) is 11.2 Å². The monoisotopic (exact) mass is 265 g/mol. The highest BCUT2D eigenvalue weighted by molar-refractivity contribution is 5.76. The summed E-state index contributed by atoms with van der Waals surface area (Å²) in [4.78, 5) is 11.6. The van der Waals surface area contributed by atoms with Crippen LogP contribution in [0.3, 0.4) is 0 Å². The summed E-state index contributed by atoms with van der Waals surface area (Å²) in [5.74, 6) is 0.829. The topological polar surface area (TPSA) is 58.6 Å². The maximum atomic E-state index is 11.6. The van der Waals surface area contributed by atoms with E-state index in [1.165, 1.54) is 0 Å². The predicted octanol–water partition coefficient (Wildman–Crippen LogP) is 1.91. The van der Waals surface area contributed by atoms with E-state index < -0.39 is 0 Å². The summed E-state index contributed by atoms with van der Waals surface area (Å²) in [6.45, 7) is 2.46. The fourth-order valence-corrected chi connectivity index (χ4v) is 1.76. The van der Waals surface area contributed by atoms with E-state index in [1.54, 1.807) is 7.11 Å². The first-order chi connectivity index (χ1) is 9.15. The van der Waals surface area contributed by atoms with Gasteiger partial charge in [-0.3, -0.25) is 4.79 Å². The Balaban J connectivity index is 2.25. The SMILES string of the molecule is CCC(O)CCNC(=O)CCc1cccc(OC)c1. The minimum atomic E-state index is -0.321. The summed E-state index contributed by atoms with van der Waals surface area (Å²) in [6.07, 6.45) is 2.16. The van der Waals surface area contributed by atoms with Crippen LogP contribution in [0.2, 0.25) is 0 Å². The van der Waals surface area contributed by atoms with Crippen LogP contribution < -0.4 is 10.1 Å². The average molecular weight is 265 g/mol. The molecular formula is C15H23NO3. The molecule has 4 nitrogen and oxygen atoms in total. The second kappa shape index (κ2) is 8.53. The first-order valence-electron chi connectivity index (χ1n) is 6.73. The lowest BCUT2D eigenvalue weighted by atomic mass is 10.1. The van der Waals surface area contributed by atoms with Crippen molar-refractivity contribution in [2.45, 2.75) is 38.7 Å². The van der Waals surface area contributed by atoms with E-state index in [0.717, 1.165) is 17.7 Å². The highest BCUT2D eigenvalue weighted by atomic mass is 16.5. The summed E-state index contributed by atoms with van der Waals surface area (Å²) in [6, 6.07) is 7.73. The van der Waals surface area contributed by atoms with Gasteiger partial charge in [-0.25, -0.2) is 0 Å². The number of amides is 1. The van der Waals surface area contributed by atoms with Gasteiger partial charge in [0.2, 0.25) is 5.91 Å². The molecule has 0 saturated carbocycles. The van der Waals surface area contributed by atoms with Gasteiger partial charge >= 0.3 is 0 Å². The van der Waals surface area contributed by atoms with Gasteiger partial charge < -0.3 is 15.2 Å². The summed E-state index contributed by atoms with van der Waals surface area (Å²) in [5, 5.41) is 12.2. The average Bonchev–Trinajstić information content (AvgIpc) is 2.45. The first kappa shape index (κ1) is 15.5. The van der Waals surface area contributed by atoms with Crippen LogP contribution in [-0.4, -0.2) is 30.8 Å². The number of methoxy groups -OCH3 is 1. The molecule has 106 valence electrons. The van der Waals surface area contributed by atoms with Crippen LogP contribution in [0.25, 0.3) is 0 Å². The predicted molar refractivity (Wildman–Crippen MR) is 75.2 cm³/mol. The van der Waals surface area contributed by atoms with Gasteiger partial charge in [0.05, 0.1) is 13.2 Å². The van der Waals surface area contributed by atoms with Gasteiger partial charge in [0.1, 0.15) is 5.75 Å². The van der Waals surface area contributed by atoms with Crippen molar-refractivity contribution in [1.29, 1.82) is 0 Å². The quantitative estimate of drug-likeness (QED) is 0.755. The number of aliphatic hydroxyl groups is 1. The molecule has 0 aliphatic rings. The Kier molecular flexibility index (Phi) is 6.97. The van der Waals surface area contributed by atoms with E-state index in [0.29, 0.717) is 25.8 Å². The molecular weight excluding hydrogens is 242 g/mol. The number of aliphatic hydroxyl groups excluding tert-OH is 1. The zero-order chi connectivity index (χ0) is 14.1. The van der Waals surface area contributed by atoms with Crippen LogP contribution in [0.1, 0.15) is 31.7 Å². The molecule has 1 rings (SSSR count). The van der Waals surface area contributed by atoms with Crippen molar-refractivity contribution in [2.24, 2.45) is 0 Å². The fraction of sp³-hybridized carbons (Fsp3) is 0.533. The molecule has 1 unspecified atom stereocenters. The number of benzene rings is 1. The number of nitrogens with one attached hydrogen (secondary N) is 1. The summed E-state index contributed by atoms with van der Waals surface area (Å²) in [5.41, 5.74) is 1.09. The van der Waals surface area contributed by atoms with Crippen LogP contribution >= 0.6 is 0 Å². The normalized spacial score (nSPS) is 11.9. The van der Waals surface area contributed by atoms with Gasteiger partial charge in [0, 0.05) is 13.0 Å². The molecule has 0 heterocycles. The van der Waals surface area contributed by atoms with Crippen LogP contribution in [0.4, 0.5) is 0 Å². The van der Waals surface area contributed by atoms with Gasteiger partial charge in [-0.15, -0.1) is 0 Å². The Morgan fingerprint density at radius 3 is 2.95 bits per heavy atom. The van der Waals surface area contributed by atoms with E-state index in [9.17, 15) is 9.90 Å². The molecule has 1 amide bonds. The Labute approximate surface area is 114 Å². The lowest BCUT2D eigenvalue weighted by molar-refractivity contribution is -0.121. The molecule has 0 fully saturated rings. The number of carbonyl (C=O) groups excluding carboxylic acids is 1. The first-order valence-corrected chi connectivity index (χ1v) is 6.73. The molecule has 0 aliphatic heterocycles. The Bertz CT molecular complexity index is 393. The summed E-state index contributed by atoms with van der Waals surface area (Å²) in [7, 11) is 1.63. The number of carbonyl (C=O) groups is 1. The van der Waals surface area contributed by atoms with E-state index in [2.05, 4.69) is 5.32 Å². The van der Waals surface area contributed by atoms with Crippen LogP contribution in [0, 0.1) is 0 Å². The number of hydrogen-bond donors (Lipinski definition) is 2. The summed E-state index contributed by atoms with van der Waals surface area (Å²) < 4.78 is 5.14. The minimum Gasteiger partial charge on any atom is -0.497 e. The fourth-order valence-electron chi connectivity index (χ4n) is 1.76. The van der Waals surface area contributed by atoms with Gasteiger partial charge in [0.15, 0.2) is 0 Å². The largest absolute Gasteiger partial charge is 0.497 e. The molecule has 4 heteroatoms. The maximum absolute atomic E-state index is 11.6. The highest BCUT2D eigenvalue weighted by Crippen LogP contribution is 2.13. The van der Waals surface area contributed by atoms with Crippen LogP contribution in [0.15, 0.2) is 24.3 Å². The Morgan fingerprint density at radius 1 is 1.47 bits per heavy atom. The number of hydrogen-bond acceptors (Lipinski definition) is 3. The lowest BCUT2D eigenvalue weighted by Crippen LogP contribution is -2.27. The molecule has 0 radical (unpaired) electrons. The van der Waals surface area contributed by atoms with Gasteiger partial charge in [0.25, 0.3) is 0 Å². The number of aryl methyl sites for hydroxylation is 1. The molecule has 0 aliphatic carbocycles. The third-order valence-corrected chi connectivity index (χ3v) is 3.05. The van der Waals surface area contributed by atoms with Crippen molar-refractivity contribution in [3.8, 4) is 5.75 Å². The highest BCUT2D eigenvalue weighted by Gasteiger charge is 2.05. The Hall–Kier alpha value is -1.55. The standard InChI is InChI=1S/C15H23NO3/c1-3-13(17)9-10-16-15(18)8-7-12-5-4-6-14(11-12)19-2/h4-6,11,13,17H,3,7-10H2,1-2H3,(H,16,18). The van der Waals surface area contributed by atoms with E-state index >= 15 is 0 Å². The second-order valence-electron chi connectivity index (χ2n) is 4.55. The molecule has 19 heavy (non-hydrogen) atoms. The van der Waals surface area contributed by atoms with Gasteiger partial charge in [-0.1, -0.05) is 19.1 Å². The maximum Gasteiger partial charge on any atom is 0.220 e. The molecule has 1 aromatic carbocycles. The van der Waals surface area contributed by atoms with Gasteiger partial charge in [-0.05, 0) is 37.0 Å².